The van der Waals surface area contributed by atoms with E-state index >= 15 is 0 Å². The first kappa shape index (κ1) is 17.3. The summed E-state index contributed by atoms with van der Waals surface area (Å²) in [6, 6.07) is 12.6. The Bertz CT molecular complexity index is 938. The molecular formula is C18H14ClNO4S. The van der Waals surface area contributed by atoms with E-state index in [0.717, 1.165) is 10.8 Å². The maximum Gasteiger partial charge on any atom is 0.350 e. The van der Waals surface area contributed by atoms with Gasteiger partial charge in [0, 0.05) is 15.8 Å². The molecular weight excluding hydrogens is 362 g/mol. The van der Waals surface area contributed by atoms with Crippen LogP contribution in [0, 0.1) is 0 Å². The number of amides is 1. The van der Waals surface area contributed by atoms with Crippen LogP contribution in [0.4, 0.5) is 5.69 Å². The van der Waals surface area contributed by atoms with Gasteiger partial charge < -0.3 is 14.8 Å². The average Bonchev–Trinajstić information content (AvgIpc) is 3.09. The zero-order valence-corrected chi connectivity index (χ0v) is 14.8. The van der Waals surface area contributed by atoms with E-state index in [4.69, 9.17) is 16.3 Å². The molecule has 1 N–H and O–H groups in total. The van der Waals surface area contributed by atoms with Crippen LogP contribution in [0.2, 0.25) is 5.02 Å². The topological polar surface area (TPSA) is 64.6 Å². The monoisotopic (exact) mass is 375 g/mol. The summed E-state index contributed by atoms with van der Waals surface area (Å²) in [7, 11) is 1.29. The normalized spacial score (nSPS) is 10.5. The summed E-state index contributed by atoms with van der Waals surface area (Å²) in [6.45, 7) is -0.192. The van der Waals surface area contributed by atoms with E-state index in [1.807, 2.05) is 24.3 Å². The lowest BCUT2D eigenvalue weighted by Gasteiger charge is -2.10. The van der Waals surface area contributed by atoms with Gasteiger partial charge in [0.15, 0.2) is 6.61 Å². The Balaban J connectivity index is 1.71. The zero-order chi connectivity index (χ0) is 17.8. The van der Waals surface area contributed by atoms with Crippen LogP contribution in [-0.2, 0) is 9.53 Å². The smallest absolute Gasteiger partial charge is 0.350 e. The minimum absolute atomic E-state index is 0.192. The van der Waals surface area contributed by atoms with E-state index in [2.05, 4.69) is 10.1 Å². The highest BCUT2D eigenvalue weighted by molar-refractivity contribution is 7.12. The van der Waals surface area contributed by atoms with Crippen molar-refractivity contribution in [3.63, 3.8) is 0 Å². The first-order chi connectivity index (χ1) is 12.1. The van der Waals surface area contributed by atoms with E-state index in [1.54, 1.807) is 23.6 Å². The molecule has 0 saturated heterocycles. The van der Waals surface area contributed by atoms with Gasteiger partial charge in [-0.3, -0.25) is 4.79 Å². The van der Waals surface area contributed by atoms with E-state index in [1.165, 1.54) is 18.4 Å². The summed E-state index contributed by atoms with van der Waals surface area (Å²) in [5.41, 5.74) is 0.409. The molecule has 1 amide bonds. The molecule has 0 unspecified atom stereocenters. The number of esters is 1. The Hall–Kier alpha value is -2.57. The lowest BCUT2D eigenvalue weighted by Crippen LogP contribution is -2.21. The number of rotatable bonds is 5. The van der Waals surface area contributed by atoms with Crippen LogP contribution in [0.1, 0.15) is 9.67 Å². The van der Waals surface area contributed by atoms with Gasteiger partial charge in [0.05, 0.1) is 12.8 Å². The Kier molecular flexibility index (Phi) is 5.21. The Morgan fingerprint density at radius 3 is 2.64 bits per heavy atom. The van der Waals surface area contributed by atoms with Crippen LogP contribution in [0.25, 0.3) is 10.8 Å². The molecule has 25 heavy (non-hydrogen) atoms. The third kappa shape index (κ3) is 3.75. The lowest BCUT2D eigenvalue weighted by molar-refractivity contribution is -0.118. The standard InChI is InChI=1S/C18H14ClNO4S/c1-23-18(22)17-14(8-9-25-17)20-16(21)10-24-15-7-6-13(19)11-4-2-3-5-12(11)15/h2-9H,10H2,1H3,(H,20,21). The van der Waals surface area contributed by atoms with Crippen LogP contribution < -0.4 is 10.1 Å². The largest absolute Gasteiger partial charge is 0.483 e. The minimum atomic E-state index is -0.491. The van der Waals surface area contributed by atoms with Crippen molar-refractivity contribution in [2.45, 2.75) is 0 Å². The summed E-state index contributed by atoms with van der Waals surface area (Å²) < 4.78 is 10.3. The Morgan fingerprint density at radius 2 is 1.88 bits per heavy atom. The van der Waals surface area contributed by atoms with Crippen molar-refractivity contribution in [3.05, 3.63) is 57.7 Å². The molecule has 3 aromatic rings. The van der Waals surface area contributed by atoms with Crippen LogP contribution >= 0.6 is 22.9 Å². The number of carbonyl (C=O) groups excluding carboxylic acids is 2. The fourth-order valence-electron chi connectivity index (χ4n) is 2.35. The quantitative estimate of drug-likeness (QED) is 0.673. The fraction of sp³-hybridized carbons (Fsp3) is 0.111. The summed E-state index contributed by atoms with van der Waals surface area (Å²) in [5, 5.41) is 6.66. The first-order valence-corrected chi connectivity index (χ1v) is 8.61. The molecule has 0 fully saturated rings. The molecule has 0 saturated carbocycles. The maximum atomic E-state index is 12.1. The van der Waals surface area contributed by atoms with Gasteiger partial charge in [0.1, 0.15) is 10.6 Å². The molecule has 0 aliphatic carbocycles. The molecule has 0 atom stereocenters. The van der Waals surface area contributed by atoms with Gasteiger partial charge in [-0.2, -0.15) is 0 Å². The minimum Gasteiger partial charge on any atom is -0.483 e. The zero-order valence-electron chi connectivity index (χ0n) is 13.2. The van der Waals surface area contributed by atoms with Crippen molar-refractivity contribution in [2.24, 2.45) is 0 Å². The number of nitrogens with one attached hydrogen (secondary N) is 1. The summed E-state index contributed by atoms with van der Waals surface area (Å²) in [6.07, 6.45) is 0. The van der Waals surface area contributed by atoms with Crippen molar-refractivity contribution in [2.75, 3.05) is 19.0 Å². The molecule has 0 radical (unpaired) electrons. The highest BCUT2D eigenvalue weighted by Crippen LogP contribution is 2.31. The summed E-state index contributed by atoms with van der Waals surface area (Å²) in [5.74, 6) is -0.300. The van der Waals surface area contributed by atoms with Crippen molar-refractivity contribution in [1.29, 1.82) is 0 Å². The summed E-state index contributed by atoms with van der Waals surface area (Å²) in [4.78, 5) is 24.1. The molecule has 128 valence electrons. The van der Waals surface area contributed by atoms with E-state index in [0.29, 0.717) is 21.3 Å². The third-order valence-corrected chi connectivity index (χ3v) is 4.72. The second-order valence-electron chi connectivity index (χ2n) is 5.08. The molecule has 1 aromatic heterocycles. The third-order valence-electron chi connectivity index (χ3n) is 3.50. The summed E-state index contributed by atoms with van der Waals surface area (Å²) >= 11 is 7.37. The number of fused-ring (bicyclic) bond motifs is 1. The predicted molar refractivity (Wildman–Crippen MR) is 98.7 cm³/mol. The van der Waals surface area contributed by atoms with Crippen molar-refractivity contribution in [3.8, 4) is 5.75 Å². The van der Waals surface area contributed by atoms with E-state index < -0.39 is 5.97 Å². The van der Waals surface area contributed by atoms with Gasteiger partial charge in [-0.25, -0.2) is 4.79 Å². The van der Waals surface area contributed by atoms with Crippen LogP contribution in [-0.4, -0.2) is 25.6 Å². The number of hydrogen-bond donors (Lipinski definition) is 1. The Morgan fingerprint density at radius 1 is 1.12 bits per heavy atom. The first-order valence-electron chi connectivity index (χ1n) is 7.36. The van der Waals surface area contributed by atoms with Crippen molar-refractivity contribution >= 4 is 51.3 Å². The number of benzene rings is 2. The number of anilines is 1. The second-order valence-corrected chi connectivity index (χ2v) is 6.41. The number of hydrogen-bond acceptors (Lipinski definition) is 5. The van der Waals surface area contributed by atoms with E-state index in [-0.39, 0.29) is 12.5 Å². The molecule has 7 heteroatoms. The molecule has 0 aliphatic heterocycles. The van der Waals surface area contributed by atoms with Gasteiger partial charge in [-0.1, -0.05) is 35.9 Å². The second kappa shape index (κ2) is 7.55. The number of carbonyl (C=O) groups is 2. The highest BCUT2D eigenvalue weighted by Gasteiger charge is 2.16. The molecule has 5 nitrogen and oxygen atoms in total. The number of methoxy groups -OCH3 is 1. The predicted octanol–water partition coefficient (Wildman–Crippen LogP) is 4.36. The molecule has 1 heterocycles. The van der Waals surface area contributed by atoms with Gasteiger partial charge in [-0.05, 0) is 23.6 Å². The van der Waals surface area contributed by atoms with Crippen molar-refractivity contribution in [1.82, 2.24) is 0 Å². The SMILES string of the molecule is COC(=O)c1sccc1NC(=O)COc1ccc(Cl)c2ccccc12. The van der Waals surface area contributed by atoms with Gasteiger partial charge in [0.25, 0.3) is 5.91 Å². The lowest BCUT2D eigenvalue weighted by atomic mass is 10.1. The highest BCUT2D eigenvalue weighted by atomic mass is 35.5. The molecule has 0 aliphatic rings. The maximum absolute atomic E-state index is 12.1. The molecule has 0 spiro atoms. The Labute approximate surface area is 153 Å². The fourth-order valence-corrected chi connectivity index (χ4v) is 3.34. The van der Waals surface area contributed by atoms with Gasteiger partial charge in [0.2, 0.25) is 0 Å². The molecule has 0 bridgehead atoms. The number of halogens is 1. The van der Waals surface area contributed by atoms with Crippen molar-refractivity contribution < 1.29 is 19.1 Å². The number of thiophene rings is 1. The molecule has 2 aromatic carbocycles. The van der Waals surface area contributed by atoms with Crippen LogP contribution in [0.15, 0.2) is 47.8 Å². The van der Waals surface area contributed by atoms with Gasteiger partial charge in [-0.15, -0.1) is 11.3 Å². The van der Waals surface area contributed by atoms with Gasteiger partial charge >= 0.3 is 5.97 Å². The van der Waals surface area contributed by atoms with Crippen LogP contribution in [0.3, 0.4) is 0 Å². The van der Waals surface area contributed by atoms with Crippen LogP contribution in [0.5, 0.6) is 5.75 Å². The number of ether oxygens (including phenoxy) is 2. The van der Waals surface area contributed by atoms with E-state index in [9.17, 15) is 9.59 Å². The average molecular weight is 376 g/mol. The molecule has 3 rings (SSSR count).